The minimum Gasteiger partial charge on any atom is -0.322 e. The highest BCUT2D eigenvalue weighted by Gasteiger charge is 2.33. The third-order valence-corrected chi connectivity index (χ3v) is 2.85. The zero-order valence-electron chi connectivity index (χ0n) is 8.38. The molecule has 1 heterocycles. The summed E-state index contributed by atoms with van der Waals surface area (Å²) < 4.78 is 0. The van der Waals surface area contributed by atoms with Crippen molar-refractivity contribution in [3.63, 3.8) is 0 Å². The summed E-state index contributed by atoms with van der Waals surface area (Å²) in [4.78, 5) is 15.0. The Bertz CT molecular complexity index is 367. The fourth-order valence-electron chi connectivity index (χ4n) is 1.34. The van der Waals surface area contributed by atoms with E-state index >= 15 is 0 Å². The van der Waals surface area contributed by atoms with E-state index in [4.69, 9.17) is 18.0 Å². The SMILES string of the molecule is [C-]#[N+]C(N)C(C(=O)[C@H](C)N)c1ccsc1. The van der Waals surface area contributed by atoms with Gasteiger partial charge in [0.25, 0.3) is 6.17 Å². The minimum absolute atomic E-state index is 0.183. The van der Waals surface area contributed by atoms with E-state index in [0.717, 1.165) is 5.56 Å². The van der Waals surface area contributed by atoms with Crippen molar-refractivity contribution in [2.75, 3.05) is 0 Å². The van der Waals surface area contributed by atoms with E-state index in [1.165, 1.54) is 11.3 Å². The van der Waals surface area contributed by atoms with Gasteiger partial charge in [-0.05, 0) is 29.3 Å². The van der Waals surface area contributed by atoms with Gasteiger partial charge in [0.15, 0.2) is 5.78 Å². The van der Waals surface area contributed by atoms with Crippen LogP contribution in [0.2, 0.25) is 0 Å². The summed E-state index contributed by atoms with van der Waals surface area (Å²) in [5.74, 6) is -0.786. The predicted octanol–water partition coefficient (Wildman–Crippen LogP) is 0.952. The van der Waals surface area contributed by atoms with Crippen LogP contribution in [0.3, 0.4) is 0 Å². The lowest BCUT2D eigenvalue weighted by Crippen LogP contribution is -2.39. The highest BCUT2D eigenvalue weighted by Crippen LogP contribution is 2.24. The monoisotopic (exact) mass is 223 g/mol. The molecule has 2 unspecified atom stereocenters. The number of nitrogens with two attached hydrogens (primary N) is 2. The Morgan fingerprint density at radius 2 is 2.27 bits per heavy atom. The van der Waals surface area contributed by atoms with Gasteiger partial charge < -0.3 is 5.73 Å². The highest BCUT2D eigenvalue weighted by molar-refractivity contribution is 7.08. The smallest absolute Gasteiger partial charge is 0.288 e. The zero-order chi connectivity index (χ0) is 11.4. The molecule has 1 aromatic heterocycles. The molecule has 0 aliphatic carbocycles. The fraction of sp³-hybridized carbons (Fsp3) is 0.400. The van der Waals surface area contributed by atoms with E-state index in [1.54, 1.807) is 13.0 Å². The molecule has 4 N–H and O–H groups in total. The highest BCUT2D eigenvalue weighted by atomic mass is 32.1. The topological polar surface area (TPSA) is 73.5 Å². The minimum atomic E-state index is -0.849. The Labute approximate surface area is 92.7 Å². The maximum Gasteiger partial charge on any atom is 0.288 e. The average molecular weight is 223 g/mol. The molecule has 3 atom stereocenters. The maximum atomic E-state index is 11.8. The number of carbonyl (C=O) groups is 1. The van der Waals surface area contributed by atoms with E-state index in [-0.39, 0.29) is 5.78 Å². The van der Waals surface area contributed by atoms with Crippen molar-refractivity contribution in [2.45, 2.75) is 25.0 Å². The molecule has 0 saturated heterocycles. The summed E-state index contributed by atoms with van der Waals surface area (Å²) >= 11 is 1.47. The largest absolute Gasteiger partial charge is 0.322 e. The van der Waals surface area contributed by atoms with E-state index in [2.05, 4.69) is 4.85 Å². The standard InChI is InChI=1S/C10H13N3OS/c1-6(11)9(14)8(10(12)13-2)7-3-4-15-5-7/h3-6,8,10H,11-12H2,1H3/t6-,8?,10?/m0/s1. The molecule has 0 bridgehead atoms. The van der Waals surface area contributed by atoms with Gasteiger partial charge in [0.05, 0.1) is 6.04 Å². The molecule has 80 valence electrons. The molecule has 0 fully saturated rings. The number of carbonyl (C=O) groups excluding carboxylic acids is 1. The first-order valence-electron chi connectivity index (χ1n) is 4.51. The predicted molar refractivity (Wildman–Crippen MR) is 60.3 cm³/mol. The van der Waals surface area contributed by atoms with Crippen molar-refractivity contribution in [3.8, 4) is 0 Å². The summed E-state index contributed by atoms with van der Waals surface area (Å²) in [6.07, 6.45) is -0.849. The summed E-state index contributed by atoms with van der Waals surface area (Å²) in [5.41, 5.74) is 11.9. The molecule has 0 aliphatic heterocycles. The Hall–Kier alpha value is -1.22. The molecule has 1 aromatic rings. The third-order valence-electron chi connectivity index (χ3n) is 2.15. The van der Waals surface area contributed by atoms with Crippen molar-refractivity contribution in [1.82, 2.24) is 0 Å². The lowest BCUT2D eigenvalue weighted by Gasteiger charge is -2.15. The molecule has 15 heavy (non-hydrogen) atoms. The van der Waals surface area contributed by atoms with Gasteiger partial charge in [0, 0.05) is 0 Å². The van der Waals surface area contributed by atoms with E-state index in [0.29, 0.717) is 0 Å². The van der Waals surface area contributed by atoms with Gasteiger partial charge in [0.1, 0.15) is 5.92 Å². The van der Waals surface area contributed by atoms with Crippen LogP contribution >= 0.6 is 11.3 Å². The number of thiophene rings is 1. The van der Waals surface area contributed by atoms with Crippen LogP contribution in [0.25, 0.3) is 4.85 Å². The first kappa shape index (κ1) is 11.9. The second kappa shape index (κ2) is 5.03. The quantitative estimate of drug-likeness (QED) is 0.746. The summed E-state index contributed by atoms with van der Waals surface area (Å²) in [5, 5.41) is 3.68. The zero-order valence-corrected chi connectivity index (χ0v) is 9.20. The Kier molecular flexibility index (Phi) is 3.97. The Balaban J connectivity index is 3.00. The molecule has 0 spiro atoms. The number of rotatable bonds is 4. The van der Waals surface area contributed by atoms with Gasteiger partial charge in [-0.15, -0.1) is 0 Å². The van der Waals surface area contributed by atoms with Crippen LogP contribution in [0, 0.1) is 6.57 Å². The van der Waals surface area contributed by atoms with Crippen molar-refractivity contribution in [3.05, 3.63) is 33.8 Å². The van der Waals surface area contributed by atoms with Crippen LogP contribution in [-0.4, -0.2) is 18.0 Å². The van der Waals surface area contributed by atoms with Gasteiger partial charge in [-0.3, -0.25) is 15.4 Å². The van der Waals surface area contributed by atoms with Gasteiger partial charge in [-0.25, -0.2) is 6.57 Å². The first-order valence-corrected chi connectivity index (χ1v) is 5.45. The van der Waals surface area contributed by atoms with Crippen molar-refractivity contribution in [2.24, 2.45) is 11.5 Å². The average Bonchev–Trinajstić information content (AvgIpc) is 2.70. The lowest BCUT2D eigenvalue weighted by molar-refractivity contribution is -0.121. The number of hydrogen-bond donors (Lipinski definition) is 2. The van der Waals surface area contributed by atoms with Crippen molar-refractivity contribution >= 4 is 17.1 Å². The van der Waals surface area contributed by atoms with E-state index < -0.39 is 18.1 Å². The lowest BCUT2D eigenvalue weighted by atomic mass is 9.91. The third kappa shape index (κ3) is 2.63. The van der Waals surface area contributed by atoms with Gasteiger partial charge in [0.2, 0.25) is 0 Å². The van der Waals surface area contributed by atoms with Crippen LogP contribution in [-0.2, 0) is 4.79 Å². The number of Topliss-reactive ketones (excluding diaryl/α,β-unsaturated/α-hetero) is 1. The molecule has 0 aromatic carbocycles. The first-order chi connectivity index (χ1) is 7.07. The normalized spacial score (nSPS) is 16.4. The number of ketones is 1. The van der Waals surface area contributed by atoms with Gasteiger partial charge in [-0.1, -0.05) is 0 Å². The molecule has 5 heteroatoms. The van der Waals surface area contributed by atoms with E-state index in [9.17, 15) is 4.79 Å². The van der Waals surface area contributed by atoms with Crippen LogP contribution in [0.15, 0.2) is 16.8 Å². The molecule has 0 amide bonds. The molecular weight excluding hydrogens is 210 g/mol. The van der Waals surface area contributed by atoms with Crippen LogP contribution in [0.4, 0.5) is 0 Å². The Morgan fingerprint density at radius 1 is 1.60 bits per heavy atom. The molecule has 0 aliphatic rings. The molecule has 4 nitrogen and oxygen atoms in total. The summed E-state index contributed by atoms with van der Waals surface area (Å²) in [7, 11) is 0. The fourth-order valence-corrected chi connectivity index (χ4v) is 2.04. The van der Waals surface area contributed by atoms with Crippen molar-refractivity contribution in [1.29, 1.82) is 0 Å². The van der Waals surface area contributed by atoms with Crippen molar-refractivity contribution < 1.29 is 4.79 Å². The van der Waals surface area contributed by atoms with Gasteiger partial charge >= 0.3 is 0 Å². The molecule has 1 rings (SSSR count). The van der Waals surface area contributed by atoms with Crippen LogP contribution in [0.1, 0.15) is 18.4 Å². The number of nitrogens with zero attached hydrogens (tertiary/aromatic N) is 1. The molecule has 0 saturated carbocycles. The van der Waals surface area contributed by atoms with Crippen LogP contribution < -0.4 is 11.5 Å². The second-order valence-corrected chi connectivity index (χ2v) is 4.13. The van der Waals surface area contributed by atoms with Gasteiger partial charge in [-0.2, -0.15) is 11.3 Å². The number of hydrogen-bond acceptors (Lipinski definition) is 4. The van der Waals surface area contributed by atoms with Crippen LogP contribution in [0.5, 0.6) is 0 Å². The summed E-state index contributed by atoms with van der Waals surface area (Å²) in [6, 6.07) is 1.21. The molecular formula is C10H13N3OS. The molecule has 0 radical (unpaired) electrons. The Morgan fingerprint density at radius 3 is 2.67 bits per heavy atom. The second-order valence-electron chi connectivity index (χ2n) is 3.35. The maximum absolute atomic E-state index is 11.8. The van der Waals surface area contributed by atoms with E-state index in [1.807, 2.05) is 10.8 Å². The summed E-state index contributed by atoms with van der Waals surface area (Å²) in [6.45, 7) is 8.50.